The van der Waals surface area contributed by atoms with Crippen molar-refractivity contribution >= 4 is 17.8 Å². The van der Waals surface area contributed by atoms with Crippen molar-refractivity contribution in [2.75, 3.05) is 27.3 Å². The zero-order valence-corrected chi connectivity index (χ0v) is 17.7. The lowest BCUT2D eigenvalue weighted by atomic mass is 9.85. The summed E-state index contributed by atoms with van der Waals surface area (Å²) in [4.78, 5) is 38.4. The van der Waals surface area contributed by atoms with Crippen molar-refractivity contribution in [3.8, 4) is 0 Å². The van der Waals surface area contributed by atoms with E-state index in [4.69, 9.17) is 14.2 Å². The first kappa shape index (κ1) is 25.8. The molecule has 0 aromatic heterocycles. The van der Waals surface area contributed by atoms with Gasteiger partial charge in [-0.3, -0.25) is 19.4 Å². The number of barbiturate groups is 1. The van der Waals surface area contributed by atoms with Crippen LogP contribution in [0.1, 0.15) is 0 Å². The monoisotopic (exact) mass is 480 g/mol. The van der Waals surface area contributed by atoms with Crippen LogP contribution in [0.15, 0.2) is 0 Å². The Bertz CT molecular complexity index is 740. The minimum Gasteiger partial charge on any atom is -0.394 e. The average molecular weight is 480 g/mol. The maximum atomic E-state index is 12.6. The van der Waals surface area contributed by atoms with Gasteiger partial charge in [-0.25, -0.2) is 4.79 Å². The fourth-order valence-electron chi connectivity index (χ4n) is 4.11. The van der Waals surface area contributed by atoms with Gasteiger partial charge in [0.25, 0.3) is 0 Å². The molecular weight excluding hydrogens is 452 g/mol. The molecule has 3 fully saturated rings. The van der Waals surface area contributed by atoms with Gasteiger partial charge in [-0.15, -0.1) is 0 Å². The minimum atomic E-state index is -1.92. The van der Waals surface area contributed by atoms with Gasteiger partial charge >= 0.3 is 6.03 Å². The molecule has 3 aliphatic heterocycles. The quantitative estimate of drug-likeness (QED) is 0.182. The number of aliphatic hydroxyl groups is 7. The second-order valence-electron chi connectivity index (χ2n) is 8.16. The molecule has 7 N–H and O–H groups in total. The Morgan fingerprint density at radius 2 is 1.30 bits per heavy atom. The number of hydrogen-bond donors (Lipinski definition) is 7. The summed E-state index contributed by atoms with van der Waals surface area (Å²) in [5.41, 5.74) is 0. The lowest BCUT2D eigenvalue weighted by Crippen LogP contribution is -2.68. The predicted octanol–water partition coefficient (Wildman–Crippen LogP) is -5.68. The summed E-state index contributed by atoms with van der Waals surface area (Å²) in [7, 11) is 2.25. The highest BCUT2D eigenvalue weighted by molar-refractivity contribution is 6.16. The van der Waals surface area contributed by atoms with E-state index in [9.17, 15) is 50.1 Å². The molecule has 0 unspecified atom stereocenters. The summed E-state index contributed by atoms with van der Waals surface area (Å²) in [6.07, 6.45) is -16.8. The molecule has 33 heavy (non-hydrogen) atoms. The van der Waals surface area contributed by atoms with Crippen LogP contribution in [0.2, 0.25) is 0 Å². The molecule has 0 radical (unpaired) electrons. The Morgan fingerprint density at radius 3 is 1.82 bits per heavy atom. The number of carbonyl (C=O) groups excluding carboxylic acids is 3. The number of ether oxygens (including phenoxy) is 3. The van der Waals surface area contributed by atoms with E-state index in [0.29, 0.717) is 9.80 Å². The molecule has 0 spiro atoms. The predicted molar refractivity (Wildman–Crippen MR) is 101 cm³/mol. The van der Waals surface area contributed by atoms with Crippen molar-refractivity contribution in [1.29, 1.82) is 0 Å². The van der Waals surface area contributed by atoms with Gasteiger partial charge in [0.15, 0.2) is 6.29 Å². The van der Waals surface area contributed by atoms with Crippen molar-refractivity contribution in [2.24, 2.45) is 5.92 Å². The van der Waals surface area contributed by atoms with Crippen molar-refractivity contribution in [3.05, 3.63) is 0 Å². The summed E-state index contributed by atoms with van der Waals surface area (Å²) in [5, 5.41) is 70.3. The van der Waals surface area contributed by atoms with E-state index in [1.54, 1.807) is 0 Å². The van der Waals surface area contributed by atoms with Crippen LogP contribution < -0.4 is 0 Å². The number of imide groups is 2. The topological polar surface area (TPSA) is 227 Å². The number of urea groups is 1. The van der Waals surface area contributed by atoms with E-state index in [1.807, 2.05) is 0 Å². The first-order valence-electron chi connectivity index (χ1n) is 10.1. The molecule has 0 aromatic carbocycles. The second-order valence-corrected chi connectivity index (χ2v) is 8.16. The van der Waals surface area contributed by atoms with Gasteiger partial charge in [0.05, 0.1) is 13.2 Å². The van der Waals surface area contributed by atoms with Crippen LogP contribution in [-0.4, -0.2) is 152 Å². The number of amides is 4. The first-order chi connectivity index (χ1) is 15.5. The van der Waals surface area contributed by atoms with Crippen molar-refractivity contribution in [2.45, 2.75) is 61.2 Å². The van der Waals surface area contributed by atoms with Crippen molar-refractivity contribution in [3.63, 3.8) is 0 Å². The Kier molecular flexibility index (Phi) is 7.69. The van der Waals surface area contributed by atoms with Crippen LogP contribution in [0.4, 0.5) is 4.79 Å². The summed E-state index contributed by atoms with van der Waals surface area (Å²) in [6, 6.07) is -0.894. The van der Waals surface area contributed by atoms with Gasteiger partial charge in [-0.2, -0.15) is 0 Å². The zero-order valence-electron chi connectivity index (χ0n) is 17.7. The van der Waals surface area contributed by atoms with E-state index < -0.39 is 98.2 Å². The van der Waals surface area contributed by atoms with Gasteiger partial charge in [-0.05, 0) is 0 Å². The maximum Gasteiger partial charge on any atom is 0.332 e. The van der Waals surface area contributed by atoms with Crippen LogP contribution in [-0.2, 0) is 23.8 Å². The fraction of sp³-hybridized carbons (Fsp3) is 0.833. The third-order valence-corrected chi connectivity index (χ3v) is 6.14. The number of carbonyl (C=O) groups is 3. The maximum absolute atomic E-state index is 12.6. The van der Waals surface area contributed by atoms with Gasteiger partial charge in [0.1, 0.15) is 60.9 Å². The number of nitrogens with zero attached hydrogens (tertiary/aromatic N) is 2. The molecule has 15 heteroatoms. The van der Waals surface area contributed by atoms with Crippen LogP contribution in [0.3, 0.4) is 0 Å². The number of aliphatic hydroxyl groups excluding tert-OH is 7. The first-order valence-corrected chi connectivity index (χ1v) is 10.1. The fourth-order valence-corrected chi connectivity index (χ4v) is 4.11. The Labute approximate surface area is 187 Å². The van der Waals surface area contributed by atoms with Crippen molar-refractivity contribution < 1.29 is 64.3 Å². The minimum absolute atomic E-state index is 0.652. The molecule has 15 nitrogen and oxygen atoms in total. The van der Waals surface area contributed by atoms with Crippen LogP contribution in [0.25, 0.3) is 0 Å². The molecule has 188 valence electrons. The Hall–Kier alpha value is -1.79. The standard InChI is InChI=1S/C18H28N2O13/c1-19-15(28)7(16(29)20(2)18(19)30)14-11(26)10(25)13(6(4-22)31-14)33-17-12(27)9(24)8(23)5(3-21)32-17/h5-14,17,21-27H,3-4H2,1-2H3/t5-,6-,8-,9+,10-,11-,12-,13-,14+,17+/m1/s1. The largest absolute Gasteiger partial charge is 0.394 e. The highest BCUT2D eigenvalue weighted by atomic mass is 16.7. The molecule has 10 atom stereocenters. The second kappa shape index (κ2) is 9.83. The lowest BCUT2D eigenvalue weighted by molar-refractivity contribution is -0.343. The average Bonchev–Trinajstić information content (AvgIpc) is 2.80. The van der Waals surface area contributed by atoms with E-state index >= 15 is 0 Å². The van der Waals surface area contributed by atoms with E-state index in [0.717, 1.165) is 14.1 Å². The third kappa shape index (κ3) is 4.37. The summed E-state index contributed by atoms with van der Waals surface area (Å²) < 4.78 is 16.2. The molecule has 3 heterocycles. The molecule has 0 saturated carbocycles. The highest BCUT2D eigenvalue weighted by Gasteiger charge is 2.56. The van der Waals surface area contributed by atoms with Crippen LogP contribution >= 0.6 is 0 Å². The van der Waals surface area contributed by atoms with Crippen LogP contribution in [0, 0.1) is 5.92 Å². The van der Waals surface area contributed by atoms with Gasteiger partial charge in [0.2, 0.25) is 11.8 Å². The van der Waals surface area contributed by atoms with Crippen molar-refractivity contribution in [1.82, 2.24) is 9.80 Å². The third-order valence-electron chi connectivity index (χ3n) is 6.14. The van der Waals surface area contributed by atoms with E-state index in [2.05, 4.69) is 0 Å². The summed E-state index contributed by atoms with van der Waals surface area (Å²) >= 11 is 0. The molecule has 3 rings (SSSR count). The van der Waals surface area contributed by atoms with Crippen LogP contribution in [0.5, 0.6) is 0 Å². The summed E-state index contributed by atoms with van der Waals surface area (Å²) in [5.74, 6) is -3.67. The SMILES string of the molecule is CN1C(=O)C([C@@H]2O[C@H](CO)[C@@H](O[C@@H]3O[C@H](CO)[C@@H](O)[C@H](O)[C@H]3O)[C@H](O)[C@H]2O)C(=O)N(C)C1=O. The smallest absolute Gasteiger partial charge is 0.332 e. The molecular formula is C18H28N2O13. The highest BCUT2D eigenvalue weighted by Crippen LogP contribution is 2.33. The van der Waals surface area contributed by atoms with Gasteiger partial charge in [-0.1, -0.05) is 0 Å². The molecule has 0 bridgehead atoms. The van der Waals surface area contributed by atoms with Gasteiger partial charge < -0.3 is 50.0 Å². The molecule has 0 aliphatic carbocycles. The Morgan fingerprint density at radius 1 is 0.758 bits per heavy atom. The normalized spacial score (nSPS) is 43.4. The number of hydrogen-bond acceptors (Lipinski definition) is 13. The molecule has 3 saturated heterocycles. The lowest BCUT2D eigenvalue weighted by Gasteiger charge is -2.48. The number of rotatable bonds is 5. The molecule has 4 amide bonds. The van der Waals surface area contributed by atoms with E-state index in [-0.39, 0.29) is 0 Å². The molecule has 3 aliphatic rings. The van der Waals surface area contributed by atoms with Gasteiger partial charge in [0, 0.05) is 14.1 Å². The molecule has 0 aromatic rings. The summed E-state index contributed by atoms with van der Waals surface area (Å²) in [6.45, 7) is -1.57. The Balaban J connectivity index is 1.81. The van der Waals surface area contributed by atoms with E-state index in [1.165, 1.54) is 0 Å². The zero-order chi connectivity index (χ0) is 24.8.